The van der Waals surface area contributed by atoms with Crippen molar-refractivity contribution in [2.45, 2.75) is 13.1 Å². The van der Waals surface area contributed by atoms with Crippen LogP contribution in [0.3, 0.4) is 0 Å². The van der Waals surface area contributed by atoms with Crippen LogP contribution < -0.4 is 5.32 Å². The van der Waals surface area contributed by atoms with Gasteiger partial charge < -0.3 is 15.5 Å². The van der Waals surface area contributed by atoms with E-state index in [1.807, 2.05) is 24.5 Å². The van der Waals surface area contributed by atoms with Gasteiger partial charge in [0.05, 0.1) is 0 Å². The number of pyridine rings is 2. The predicted molar refractivity (Wildman–Crippen MR) is 74.3 cm³/mol. The Hall–Kier alpha value is -2.80. The van der Waals surface area contributed by atoms with E-state index in [4.69, 9.17) is 19.8 Å². The van der Waals surface area contributed by atoms with Gasteiger partial charge in [-0.1, -0.05) is 12.1 Å². The second kappa shape index (κ2) is 9.16. The van der Waals surface area contributed by atoms with Gasteiger partial charge in [0, 0.05) is 37.9 Å². The Morgan fingerprint density at radius 3 is 1.62 bits per heavy atom. The number of hydrogen-bond donors (Lipinski definition) is 3. The number of aliphatic carboxylic acids is 2. The molecule has 0 spiro atoms. The highest BCUT2D eigenvalue weighted by Crippen LogP contribution is 1.97. The molecule has 0 saturated heterocycles. The number of nitrogens with one attached hydrogen (secondary N) is 1. The number of rotatable bonds is 4. The maximum absolute atomic E-state index is 9.10. The Morgan fingerprint density at radius 2 is 1.33 bits per heavy atom. The van der Waals surface area contributed by atoms with Gasteiger partial charge in [-0.25, -0.2) is 9.59 Å². The molecule has 0 aliphatic carbocycles. The molecule has 0 atom stereocenters. The summed E-state index contributed by atoms with van der Waals surface area (Å²) in [5.41, 5.74) is 2.39. The van der Waals surface area contributed by atoms with E-state index >= 15 is 0 Å². The zero-order chi connectivity index (χ0) is 15.5. The highest BCUT2D eigenvalue weighted by molar-refractivity contribution is 6.27. The molecule has 0 fully saturated rings. The normalized spacial score (nSPS) is 9.33. The van der Waals surface area contributed by atoms with Gasteiger partial charge in [0.15, 0.2) is 0 Å². The lowest BCUT2D eigenvalue weighted by Crippen LogP contribution is -2.12. The van der Waals surface area contributed by atoms with E-state index in [2.05, 4.69) is 27.4 Å². The van der Waals surface area contributed by atoms with E-state index in [1.54, 1.807) is 12.4 Å². The summed E-state index contributed by atoms with van der Waals surface area (Å²) >= 11 is 0. The Labute approximate surface area is 121 Å². The number of aromatic nitrogens is 2. The van der Waals surface area contributed by atoms with Crippen molar-refractivity contribution in [1.29, 1.82) is 0 Å². The maximum Gasteiger partial charge on any atom is 0.414 e. The smallest absolute Gasteiger partial charge is 0.414 e. The standard InChI is InChI=1S/C12H13N3.C2H2O4/c1-3-11(7-13-5-1)9-15-10-12-4-2-6-14-8-12;3-1(4)2(5)6/h1-8,15H,9-10H2;(H,3,4)(H,5,6). The molecule has 2 aromatic rings. The van der Waals surface area contributed by atoms with Crippen molar-refractivity contribution >= 4 is 11.9 Å². The molecule has 0 radical (unpaired) electrons. The lowest BCUT2D eigenvalue weighted by Gasteiger charge is -2.03. The van der Waals surface area contributed by atoms with Crippen LogP contribution in [-0.2, 0) is 22.7 Å². The van der Waals surface area contributed by atoms with Gasteiger partial charge in [-0.2, -0.15) is 0 Å². The first-order chi connectivity index (χ1) is 10.1. The summed E-state index contributed by atoms with van der Waals surface area (Å²) in [6, 6.07) is 8.01. The molecule has 0 bridgehead atoms. The molecular weight excluding hydrogens is 274 g/mol. The van der Waals surface area contributed by atoms with Crippen molar-refractivity contribution < 1.29 is 19.8 Å². The lowest BCUT2D eigenvalue weighted by atomic mass is 10.2. The second-order valence-electron chi connectivity index (χ2n) is 3.94. The zero-order valence-corrected chi connectivity index (χ0v) is 11.1. The Balaban J connectivity index is 0.000000315. The fourth-order valence-electron chi connectivity index (χ4n) is 1.36. The minimum absolute atomic E-state index is 0.836. The first-order valence-corrected chi connectivity index (χ1v) is 6.04. The molecule has 2 aromatic heterocycles. The fraction of sp³-hybridized carbons (Fsp3) is 0.143. The summed E-state index contributed by atoms with van der Waals surface area (Å²) in [6.45, 7) is 1.67. The number of nitrogens with zero attached hydrogens (tertiary/aromatic N) is 2. The highest BCUT2D eigenvalue weighted by Gasteiger charge is 2.04. The van der Waals surface area contributed by atoms with Crippen molar-refractivity contribution in [3.8, 4) is 0 Å². The van der Waals surface area contributed by atoms with Crippen LogP contribution in [0.5, 0.6) is 0 Å². The molecule has 2 rings (SSSR count). The predicted octanol–water partition coefficient (Wildman–Crippen LogP) is 0.922. The SMILES string of the molecule is O=C(O)C(=O)O.c1cncc(CNCc2cccnc2)c1. The van der Waals surface area contributed by atoms with E-state index in [0.717, 1.165) is 13.1 Å². The molecule has 0 unspecified atom stereocenters. The van der Waals surface area contributed by atoms with Crippen LogP contribution in [-0.4, -0.2) is 32.1 Å². The van der Waals surface area contributed by atoms with Crippen molar-refractivity contribution in [2.75, 3.05) is 0 Å². The van der Waals surface area contributed by atoms with Crippen LogP contribution in [0, 0.1) is 0 Å². The van der Waals surface area contributed by atoms with Gasteiger partial charge in [-0.3, -0.25) is 9.97 Å². The van der Waals surface area contributed by atoms with Crippen LogP contribution in [0.25, 0.3) is 0 Å². The molecule has 0 aliphatic rings. The van der Waals surface area contributed by atoms with E-state index in [9.17, 15) is 0 Å². The fourth-order valence-corrected chi connectivity index (χ4v) is 1.36. The van der Waals surface area contributed by atoms with Gasteiger partial charge in [-0.05, 0) is 23.3 Å². The van der Waals surface area contributed by atoms with Crippen molar-refractivity contribution in [1.82, 2.24) is 15.3 Å². The van der Waals surface area contributed by atoms with Crippen molar-refractivity contribution in [2.24, 2.45) is 0 Å². The van der Waals surface area contributed by atoms with Crippen LogP contribution in [0.1, 0.15) is 11.1 Å². The van der Waals surface area contributed by atoms with E-state index in [0.29, 0.717) is 0 Å². The largest absolute Gasteiger partial charge is 0.473 e. The summed E-state index contributed by atoms with van der Waals surface area (Å²) in [5, 5.41) is 18.1. The molecule has 3 N–H and O–H groups in total. The van der Waals surface area contributed by atoms with Gasteiger partial charge in [0.2, 0.25) is 0 Å². The van der Waals surface area contributed by atoms with Gasteiger partial charge in [0.1, 0.15) is 0 Å². The molecule has 0 saturated carbocycles. The summed E-state index contributed by atoms with van der Waals surface area (Å²) in [4.78, 5) is 26.3. The van der Waals surface area contributed by atoms with Gasteiger partial charge in [0.25, 0.3) is 0 Å². The average Bonchev–Trinajstić information content (AvgIpc) is 2.50. The van der Waals surface area contributed by atoms with E-state index < -0.39 is 11.9 Å². The summed E-state index contributed by atoms with van der Waals surface area (Å²) in [7, 11) is 0. The van der Waals surface area contributed by atoms with Gasteiger partial charge >= 0.3 is 11.9 Å². The van der Waals surface area contributed by atoms with Crippen LogP contribution in [0.4, 0.5) is 0 Å². The molecule has 7 nitrogen and oxygen atoms in total. The monoisotopic (exact) mass is 289 g/mol. The second-order valence-corrected chi connectivity index (χ2v) is 3.94. The maximum atomic E-state index is 9.10. The molecule has 7 heteroatoms. The molecular formula is C14H15N3O4. The van der Waals surface area contributed by atoms with Crippen LogP contribution in [0.2, 0.25) is 0 Å². The first-order valence-electron chi connectivity index (χ1n) is 6.04. The lowest BCUT2D eigenvalue weighted by molar-refractivity contribution is -0.159. The minimum Gasteiger partial charge on any atom is -0.473 e. The Bertz CT molecular complexity index is 509. The third-order valence-electron chi connectivity index (χ3n) is 2.29. The third kappa shape index (κ3) is 7.38. The molecule has 21 heavy (non-hydrogen) atoms. The Morgan fingerprint density at radius 1 is 0.905 bits per heavy atom. The minimum atomic E-state index is -1.82. The topological polar surface area (TPSA) is 112 Å². The van der Waals surface area contributed by atoms with Crippen LogP contribution in [0.15, 0.2) is 49.1 Å². The molecule has 110 valence electrons. The van der Waals surface area contributed by atoms with E-state index in [-0.39, 0.29) is 0 Å². The number of carbonyl (C=O) groups is 2. The Kier molecular flexibility index (Phi) is 7.09. The summed E-state index contributed by atoms with van der Waals surface area (Å²) in [6.07, 6.45) is 7.31. The molecule has 2 heterocycles. The van der Waals surface area contributed by atoms with Crippen molar-refractivity contribution in [3.05, 3.63) is 60.2 Å². The van der Waals surface area contributed by atoms with Crippen molar-refractivity contribution in [3.63, 3.8) is 0 Å². The summed E-state index contributed by atoms with van der Waals surface area (Å²) in [5.74, 6) is -3.65. The average molecular weight is 289 g/mol. The van der Waals surface area contributed by atoms with Crippen LogP contribution >= 0.6 is 0 Å². The van der Waals surface area contributed by atoms with Gasteiger partial charge in [-0.15, -0.1) is 0 Å². The number of hydrogen-bond acceptors (Lipinski definition) is 5. The first kappa shape index (κ1) is 16.3. The van der Waals surface area contributed by atoms with E-state index in [1.165, 1.54) is 11.1 Å². The molecule has 0 amide bonds. The molecule has 0 aliphatic heterocycles. The number of carboxylic acid groups (broad SMARTS) is 2. The molecule has 0 aromatic carbocycles. The number of carboxylic acids is 2. The zero-order valence-electron chi connectivity index (χ0n) is 11.1. The summed E-state index contributed by atoms with van der Waals surface area (Å²) < 4.78 is 0. The quantitative estimate of drug-likeness (QED) is 0.717. The third-order valence-corrected chi connectivity index (χ3v) is 2.29. The highest BCUT2D eigenvalue weighted by atomic mass is 16.4.